The van der Waals surface area contributed by atoms with E-state index in [2.05, 4.69) is 80.6 Å². The maximum atomic E-state index is 9.94. The van der Waals surface area contributed by atoms with E-state index in [-0.39, 0.29) is 36.0 Å². The smallest absolute Gasteiger partial charge is 0.0708 e. The molecule has 0 radical (unpaired) electrons. The molecular weight excluding hydrogens is 751 g/mol. The molecule has 2 aliphatic rings. The van der Waals surface area contributed by atoms with Gasteiger partial charge in [-0.15, -0.1) is 0 Å². The number of aryl methyl sites for hydroxylation is 3. The third-order valence-electron chi connectivity index (χ3n) is 13.5. The van der Waals surface area contributed by atoms with Crippen LogP contribution in [-0.4, -0.2) is 15.0 Å². The van der Waals surface area contributed by atoms with Crippen LogP contribution in [0, 0.1) is 23.2 Å². The SMILES string of the molecule is [2H]C1(c2ccc(-c3cc(-c4ccccc4)ncc3CC([2H])([2H])C3CC(CCc4ccc(-c5ccccc5)nc4)CC(C([2H])([2H])Cc4ccc(-c5ccccc5)nc4)C3)cc2)CCC(C)(C)CC1. The fraction of sp³-hybridized carbons (Fsp3) is 0.339. The van der Waals surface area contributed by atoms with Gasteiger partial charge >= 0.3 is 0 Å². The van der Waals surface area contributed by atoms with Crippen LogP contribution < -0.4 is 0 Å². The quantitative estimate of drug-likeness (QED) is 0.110. The van der Waals surface area contributed by atoms with Crippen LogP contribution in [0.5, 0.6) is 0 Å². The summed E-state index contributed by atoms with van der Waals surface area (Å²) in [4.78, 5) is 14.5. The first kappa shape index (κ1) is 35.9. The number of nitrogens with zero attached hydrogens (tertiary/aromatic N) is 3. The molecule has 7 aromatic rings. The van der Waals surface area contributed by atoms with E-state index in [1.54, 1.807) is 0 Å². The second kappa shape index (κ2) is 19.6. The van der Waals surface area contributed by atoms with Crippen molar-refractivity contribution < 1.29 is 6.85 Å². The Kier molecular flexibility index (Phi) is 11.3. The van der Waals surface area contributed by atoms with Crippen molar-refractivity contribution in [2.45, 2.75) is 103 Å². The molecule has 3 nitrogen and oxygen atoms in total. The monoisotopic (exact) mass is 819 g/mol. The van der Waals surface area contributed by atoms with E-state index in [1.807, 2.05) is 97.5 Å². The average Bonchev–Trinajstić information content (AvgIpc) is 3.35. The molecule has 62 heavy (non-hydrogen) atoms. The van der Waals surface area contributed by atoms with Gasteiger partial charge in [0.05, 0.1) is 17.1 Å². The predicted octanol–water partition coefficient (Wildman–Crippen LogP) is 15.5. The molecule has 0 amide bonds. The van der Waals surface area contributed by atoms with E-state index in [1.165, 1.54) is 0 Å². The highest BCUT2D eigenvalue weighted by molar-refractivity contribution is 5.73. The normalized spacial score (nSPS) is 21.1. The second-order valence-corrected chi connectivity index (χ2v) is 18.5. The summed E-state index contributed by atoms with van der Waals surface area (Å²) in [6.45, 7) is 4.61. The number of benzene rings is 4. The third-order valence-corrected chi connectivity index (χ3v) is 13.5. The molecule has 3 heterocycles. The van der Waals surface area contributed by atoms with Crippen molar-refractivity contribution in [2.24, 2.45) is 23.2 Å². The molecule has 2 fully saturated rings. The second-order valence-electron chi connectivity index (χ2n) is 18.5. The number of pyridine rings is 3. The van der Waals surface area contributed by atoms with Gasteiger partial charge in [0.2, 0.25) is 0 Å². The lowest BCUT2D eigenvalue weighted by Crippen LogP contribution is -2.24. The van der Waals surface area contributed by atoms with Gasteiger partial charge in [-0.1, -0.05) is 141 Å². The Balaban J connectivity index is 0.990. The molecule has 3 heteroatoms. The molecule has 3 aromatic heterocycles. The van der Waals surface area contributed by atoms with Crippen LogP contribution in [0.3, 0.4) is 0 Å². The lowest BCUT2D eigenvalue weighted by atomic mass is 9.70. The fourth-order valence-corrected chi connectivity index (χ4v) is 9.62. The summed E-state index contributed by atoms with van der Waals surface area (Å²) < 4.78 is 48.6. The Bertz CT molecular complexity index is 2700. The van der Waals surface area contributed by atoms with Crippen LogP contribution in [0.1, 0.15) is 113 Å². The molecule has 2 aliphatic carbocycles. The van der Waals surface area contributed by atoms with Gasteiger partial charge in [0, 0.05) is 42.1 Å². The lowest BCUT2D eigenvalue weighted by Gasteiger charge is -2.35. The fourth-order valence-electron chi connectivity index (χ4n) is 9.62. The van der Waals surface area contributed by atoms with Crippen LogP contribution in [0.4, 0.5) is 0 Å². The van der Waals surface area contributed by atoms with Gasteiger partial charge in [0.25, 0.3) is 0 Å². The van der Waals surface area contributed by atoms with Crippen molar-refractivity contribution in [3.05, 3.63) is 186 Å². The Hall–Kier alpha value is -5.67. The summed E-state index contributed by atoms with van der Waals surface area (Å²) in [6, 6.07) is 49.2. The van der Waals surface area contributed by atoms with E-state index in [0.717, 1.165) is 106 Å². The van der Waals surface area contributed by atoms with Crippen LogP contribution in [-0.2, 0) is 19.3 Å². The van der Waals surface area contributed by atoms with E-state index < -0.39 is 18.6 Å². The minimum absolute atomic E-state index is 0.134. The number of rotatable bonds is 14. The summed E-state index contributed by atoms with van der Waals surface area (Å²) in [5.41, 5.74) is 11.8. The summed E-state index contributed by atoms with van der Waals surface area (Å²) in [5, 5.41) is 0. The molecular formula is C59H63N3. The van der Waals surface area contributed by atoms with Crippen molar-refractivity contribution in [3.8, 4) is 44.9 Å². The minimum Gasteiger partial charge on any atom is -0.256 e. The molecule has 0 saturated heterocycles. The molecule has 0 spiro atoms. The third kappa shape index (κ3) is 10.7. The number of hydrogen-bond acceptors (Lipinski definition) is 3. The van der Waals surface area contributed by atoms with Crippen LogP contribution in [0.15, 0.2) is 164 Å². The van der Waals surface area contributed by atoms with Crippen LogP contribution in [0.2, 0.25) is 0 Å². The van der Waals surface area contributed by atoms with Crippen molar-refractivity contribution in [1.82, 2.24) is 15.0 Å². The molecule has 3 atom stereocenters. The van der Waals surface area contributed by atoms with Gasteiger partial charge in [-0.2, -0.15) is 0 Å². The minimum atomic E-state index is -1.64. The van der Waals surface area contributed by atoms with E-state index in [0.29, 0.717) is 19.3 Å². The molecule has 0 aliphatic heterocycles. The predicted molar refractivity (Wildman–Crippen MR) is 259 cm³/mol. The Morgan fingerprint density at radius 1 is 0.516 bits per heavy atom. The lowest BCUT2D eigenvalue weighted by molar-refractivity contribution is 0.172. The summed E-state index contributed by atoms with van der Waals surface area (Å²) in [6.07, 6.45) is 10.0. The van der Waals surface area contributed by atoms with Gasteiger partial charge < -0.3 is 0 Å². The summed E-state index contributed by atoms with van der Waals surface area (Å²) in [5.74, 6) is -1.18. The molecule has 314 valence electrons. The standard InChI is InChI=1S/C59H63N3/c1-59(2)34-32-49(33-35-59)48-26-28-50(29-27-48)55-39-58(53-16-10-5-11-17-53)62-42-54(55)25-22-47-37-45(20-18-43-23-30-56(60-40-43)51-12-6-3-7-13-51)36-46(38-47)21-19-44-24-31-57(61-41-44)52-14-8-4-9-15-52/h3-17,23-24,26-31,39-42,45-47,49H,18-22,25,32-38H2,1-2H3/i20D2,22D2,49D. The van der Waals surface area contributed by atoms with Gasteiger partial charge in [0.15, 0.2) is 0 Å². The van der Waals surface area contributed by atoms with E-state index in [9.17, 15) is 6.85 Å². The molecule has 9 rings (SSSR count). The highest BCUT2D eigenvalue weighted by atomic mass is 14.7. The van der Waals surface area contributed by atoms with Crippen LogP contribution >= 0.6 is 0 Å². The summed E-state index contributed by atoms with van der Waals surface area (Å²) >= 11 is 0. The van der Waals surface area contributed by atoms with E-state index in [4.69, 9.17) is 15.0 Å². The highest BCUT2D eigenvalue weighted by Crippen LogP contribution is 2.44. The largest absolute Gasteiger partial charge is 0.256 e. The average molecular weight is 819 g/mol. The molecule has 4 aromatic carbocycles. The van der Waals surface area contributed by atoms with Crippen molar-refractivity contribution in [3.63, 3.8) is 0 Å². The zero-order chi connectivity index (χ0) is 46.7. The summed E-state index contributed by atoms with van der Waals surface area (Å²) in [7, 11) is 0. The first-order chi connectivity index (χ1) is 32.2. The molecule has 0 N–H and O–H groups in total. The number of hydrogen-bond donors (Lipinski definition) is 0. The Morgan fingerprint density at radius 3 is 1.56 bits per heavy atom. The van der Waals surface area contributed by atoms with Crippen molar-refractivity contribution in [1.29, 1.82) is 0 Å². The highest BCUT2D eigenvalue weighted by Gasteiger charge is 2.30. The van der Waals surface area contributed by atoms with E-state index >= 15 is 0 Å². The zero-order valence-electron chi connectivity index (χ0n) is 41.4. The maximum Gasteiger partial charge on any atom is 0.0708 e. The zero-order valence-corrected chi connectivity index (χ0v) is 36.4. The van der Waals surface area contributed by atoms with Crippen molar-refractivity contribution in [2.75, 3.05) is 0 Å². The van der Waals surface area contributed by atoms with Gasteiger partial charge in [-0.25, -0.2) is 0 Å². The molecule has 3 unspecified atom stereocenters. The first-order valence-electron chi connectivity index (χ1n) is 25.4. The van der Waals surface area contributed by atoms with Gasteiger partial charge in [-0.3, -0.25) is 15.0 Å². The maximum absolute atomic E-state index is 9.94. The van der Waals surface area contributed by atoms with Gasteiger partial charge in [-0.05, 0) is 164 Å². The van der Waals surface area contributed by atoms with Crippen molar-refractivity contribution >= 4 is 0 Å². The topological polar surface area (TPSA) is 38.7 Å². The molecule has 2 saturated carbocycles. The number of aromatic nitrogens is 3. The molecule has 0 bridgehead atoms. The van der Waals surface area contributed by atoms with Gasteiger partial charge in [0.1, 0.15) is 0 Å². The Morgan fingerprint density at radius 2 is 1.02 bits per heavy atom. The Labute approximate surface area is 378 Å². The van der Waals surface area contributed by atoms with Crippen LogP contribution in [0.25, 0.3) is 44.9 Å². The first-order valence-corrected chi connectivity index (χ1v) is 22.9.